The first kappa shape index (κ1) is 20.6. The van der Waals surface area contributed by atoms with Gasteiger partial charge in [0.25, 0.3) is 5.91 Å². The van der Waals surface area contributed by atoms with E-state index in [9.17, 15) is 4.79 Å². The van der Waals surface area contributed by atoms with Crippen molar-refractivity contribution in [2.45, 2.75) is 64.8 Å². The van der Waals surface area contributed by atoms with Crippen molar-refractivity contribution in [1.29, 1.82) is 0 Å². The summed E-state index contributed by atoms with van der Waals surface area (Å²) in [6, 6.07) is 12.1. The highest BCUT2D eigenvalue weighted by Gasteiger charge is 2.25. The molecule has 29 heavy (non-hydrogen) atoms. The van der Waals surface area contributed by atoms with Gasteiger partial charge in [0.1, 0.15) is 0 Å². The third-order valence-corrected chi connectivity index (χ3v) is 7.92. The second-order valence-electron chi connectivity index (χ2n) is 8.84. The Balaban J connectivity index is 1.48. The maximum absolute atomic E-state index is 12.9. The van der Waals surface area contributed by atoms with E-state index in [-0.39, 0.29) is 5.91 Å². The molecule has 2 aliphatic rings. The van der Waals surface area contributed by atoms with Gasteiger partial charge >= 0.3 is 0 Å². The van der Waals surface area contributed by atoms with E-state index in [1.165, 1.54) is 47.5 Å². The summed E-state index contributed by atoms with van der Waals surface area (Å²) in [4.78, 5) is 19.7. The van der Waals surface area contributed by atoms with Crippen LogP contribution in [0.3, 0.4) is 0 Å². The van der Waals surface area contributed by atoms with Crippen LogP contribution in [-0.2, 0) is 6.42 Å². The number of thiophene rings is 1. The van der Waals surface area contributed by atoms with Gasteiger partial charge in [-0.1, -0.05) is 31.2 Å². The molecule has 0 radical (unpaired) electrons. The lowest BCUT2D eigenvalue weighted by Crippen LogP contribution is -2.37. The fourth-order valence-electron chi connectivity index (χ4n) is 4.75. The molecule has 1 amide bonds. The van der Waals surface area contributed by atoms with Crippen LogP contribution >= 0.6 is 11.3 Å². The van der Waals surface area contributed by atoms with E-state index in [0.717, 1.165) is 37.2 Å². The van der Waals surface area contributed by atoms with Crippen molar-refractivity contribution < 1.29 is 4.79 Å². The van der Waals surface area contributed by atoms with Gasteiger partial charge in [0.05, 0.1) is 4.88 Å². The first-order valence-electron chi connectivity index (χ1n) is 11.3. The van der Waals surface area contributed by atoms with Gasteiger partial charge in [-0.15, -0.1) is 11.3 Å². The number of rotatable bonds is 5. The fourth-order valence-corrected chi connectivity index (χ4v) is 5.97. The van der Waals surface area contributed by atoms with Crippen molar-refractivity contribution >= 4 is 17.2 Å². The van der Waals surface area contributed by atoms with E-state index in [1.54, 1.807) is 11.3 Å². The lowest BCUT2D eigenvalue weighted by Gasteiger charge is -2.34. The zero-order valence-electron chi connectivity index (χ0n) is 18.1. The number of carbonyl (C=O) groups excluding carboxylic acids is 1. The van der Waals surface area contributed by atoms with Gasteiger partial charge in [-0.05, 0) is 87.7 Å². The normalized spacial score (nSPS) is 18.7. The molecule has 4 rings (SSSR count). The molecule has 1 aromatic heterocycles. The van der Waals surface area contributed by atoms with E-state index in [4.69, 9.17) is 0 Å². The van der Waals surface area contributed by atoms with Crippen molar-refractivity contribution in [3.05, 3.63) is 46.3 Å². The Kier molecular flexibility index (Phi) is 6.41. The Bertz CT molecular complexity index is 825. The first-order valence-corrected chi connectivity index (χ1v) is 12.1. The van der Waals surface area contributed by atoms with Gasteiger partial charge in [-0.2, -0.15) is 0 Å². The Hall–Kier alpha value is -1.65. The number of aryl methyl sites for hydroxylation is 1. The predicted octanol–water partition coefficient (Wildman–Crippen LogP) is 5.80. The van der Waals surface area contributed by atoms with E-state index < -0.39 is 0 Å². The average molecular weight is 411 g/mol. The van der Waals surface area contributed by atoms with Gasteiger partial charge in [0.15, 0.2) is 0 Å². The third kappa shape index (κ3) is 4.44. The zero-order chi connectivity index (χ0) is 20.4. The quantitative estimate of drug-likeness (QED) is 0.622. The minimum atomic E-state index is 0.240. The summed E-state index contributed by atoms with van der Waals surface area (Å²) in [7, 11) is 0. The molecular formula is C25H34N2OS. The Morgan fingerprint density at radius 2 is 1.72 bits per heavy atom. The topological polar surface area (TPSA) is 23.6 Å². The number of piperidine rings is 1. The van der Waals surface area contributed by atoms with Gasteiger partial charge in [-0.3, -0.25) is 4.79 Å². The van der Waals surface area contributed by atoms with Gasteiger partial charge in [0, 0.05) is 24.0 Å². The van der Waals surface area contributed by atoms with Crippen LogP contribution in [0, 0.1) is 0 Å². The van der Waals surface area contributed by atoms with Crippen LogP contribution < -0.4 is 0 Å². The van der Waals surface area contributed by atoms with Crippen molar-refractivity contribution in [3.63, 3.8) is 0 Å². The number of hydrogen-bond acceptors (Lipinski definition) is 3. The number of carbonyl (C=O) groups is 1. The minimum absolute atomic E-state index is 0.240. The van der Waals surface area contributed by atoms with Crippen molar-refractivity contribution in [2.75, 3.05) is 26.2 Å². The van der Waals surface area contributed by atoms with Gasteiger partial charge in [-0.25, -0.2) is 0 Å². The summed E-state index contributed by atoms with van der Waals surface area (Å²) in [5, 5.41) is 0. The molecule has 4 heteroatoms. The zero-order valence-corrected chi connectivity index (χ0v) is 18.9. The van der Waals surface area contributed by atoms with Crippen molar-refractivity contribution in [1.82, 2.24) is 9.80 Å². The summed E-state index contributed by atoms with van der Waals surface area (Å²) in [5.41, 5.74) is 3.92. The molecule has 0 bridgehead atoms. The number of amides is 1. The van der Waals surface area contributed by atoms with E-state index in [0.29, 0.717) is 12.0 Å². The third-order valence-electron chi connectivity index (χ3n) is 6.70. The highest BCUT2D eigenvalue weighted by Crippen LogP contribution is 2.35. The summed E-state index contributed by atoms with van der Waals surface area (Å²) in [5.74, 6) is 0.921. The SMILES string of the molecule is CCc1cc(-c2ccc(C3CCN(C(C)C)CC3)cc2)sc1C(=O)N1CCCC1. The molecule has 3 nitrogen and oxygen atoms in total. The fraction of sp³-hybridized carbons (Fsp3) is 0.560. The summed E-state index contributed by atoms with van der Waals surface area (Å²) in [6.07, 6.45) is 5.71. The Morgan fingerprint density at radius 1 is 1.07 bits per heavy atom. The molecule has 2 aromatic rings. The smallest absolute Gasteiger partial charge is 0.264 e. The maximum Gasteiger partial charge on any atom is 0.264 e. The van der Waals surface area contributed by atoms with Crippen LogP contribution in [0.15, 0.2) is 30.3 Å². The summed E-state index contributed by atoms with van der Waals surface area (Å²) >= 11 is 1.68. The van der Waals surface area contributed by atoms with Crippen LogP contribution in [0.4, 0.5) is 0 Å². The molecule has 0 aliphatic carbocycles. The van der Waals surface area contributed by atoms with Gasteiger partial charge in [0.2, 0.25) is 0 Å². The molecule has 0 unspecified atom stereocenters. The second kappa shape index (κ2) is 9.01. The number of hydrogen-bond donors (Lipinski definition) is 0. The first-order chi connectivity index (χ1) is 14.1. The Morgan fingerprint density at radius 3 is 2.31 bits per heavy atom. The standard InChI is InChI=1S/C25H34N2OS/c1-4-19-17-23(29-24(19)25(28)27-13-5-6-14-27)22-9-7-20(8-10-22)21-11-15-26(16-12-21)18(2)3/h7-10,17-18,21H,4-6,11-16H2,1-3H3. The van der Waals surface area contributed by atoms with E-state index in [2.05, 4.69) is 56.0 Å². The van der Waals surface area contributed by atoms with Gasteiger partial charge < -0.3 is 9.80 Å². The summed E-state index contributed by atoms with van der Waals surface area (Å²) < 4.78 is 0. The molecule has 0 saturated carbocycles. The lowest BCUT2D eigenvalue weighted by molar-refractivity contribution is 0.0796. The van der Waals surface area contributed by atoms with Crippen LogP contribution in [0.25, 0.3) is 10.4 Å². The van der Waals surface area contributed by atoms with Crippen LogP contribution in [0.5, 0.6) is 0 Å². The van der Waals surface area contributed by atoms with Crippen molar-refractivity contribution in [2.24, 2.45) is 0 Å². The average Bonchev–Trinajstić information content (AvgIpc) is 3.43. The van der Waals surface area contributed by atoms with Crippen LogP contribution in [-0.4, -0.2) is 47.9 Å². The number of nitrogens with zero attached hydrogens (tertiary/aromatic N) is 2. The highest BCUT2D eigenvalue weighted by molar-refractivity contribution is 7.17. The van der Waals surface area contributed by atoms with Crippen LogP contribution in [0.1, 0.15) is 73.2 Å². The molecule has 2 aliphatic heterocycles. The number of benzene rings is 1. The lowest BCUT2D eigenvalue weighted by atomic mass is 9.88. The second-order valence-corrected chi connectivity index (χ2v) is 9.90. The monoisotopic (exact) mass is 410 g/mol. The molecule has 2 fully saturated rings. The Labute approximate surface area is 179 Å². The molecule has 2 saturated heterocycles. The molecule has 0 N–H and O–H groups in total. The number of likely N-dealkylation sites (tertiary alicyclic amines) is 2. The highest BCUT2D eigenvalue weighted by atomic mass is 32.1. The van der Waals surface area contributed by atoms with E-state index >= 15 is 0 Å². The molecule has 3 heterocycles. The van der Waals surface area contributed by atoms with E-state index in [1.807, 2.05) is 4.90 Å². The molecule has 156 valence electrons. The minimum Gasteiger partial charge on any atom is -0.338 e. The largest absolute Gasteiger partial charge is 0.338 e. The molecule has 0 spiro atoms. The summed E-state index contributed by atoms with van der Waals surface area (Å²) in [6.45, 7) is 11.0. The van der Waals surface area contributed by atoms with Crippen molar-refractivity contribution in [3.8, 4) is 10.4 Å². The molecule has 0 atom stereocenters. The molecule has 1 aromatic carbocycles. The van der Waals surface area contributed by atoms with Crippen LogP contribution in [0.2, 0.25) is 0 Å². The maximum atomic E-state index is 12.9. The predicted molar refractivity (Wildman–Crippen MR) is 123 cm³/mol. The molecular weight excluding hydrogens is 376 g/mol.